The first-order chi connectivity index (χ1) is 18.2. The van der Waals surface area contributed by atoms with Crippen molar-refractivity contribution in [3.05, 3.63) is 116 Å². The molecule has 0 fully saturated rings. The van der Waals surface area contributed by atoms with E-state index in [0.29, 0.717) is 22.5 Å². The maximum absolute atomic E-state index is 13.1. The Balaban J connectivity index is 0.00000353. The van der Waals surface area contributed by atoms with Crippen LogP contribution >= 0.6 is 13.5 Å². The lowest BCUT2D eigenvalue weighted by atomic mass is 9.99. The maximum atomic E-state index is 13.1. The molecule has 3 aromatic carbocycles. The Labute approximate surface area is 230 Å². The summed E-state index contributed by atoms with van der Waals surface area (Å²) in [6.45, 7) is 0. The second-order valence-electron chi connectivity index (χ2n) is 8.32. The predicted octanol–water partition coefficient (Wildman–Crippen LogP) is 7.49. The van der Waals surface area contributed by atoms with E-state index >= 15 is 0 Å². The molecule has 0 spiro atoms. The highest BCUT2D eigenvalue weighted by Gasteiger charge is 2.48. The summed E-state index contributed by atoms with van der Waals surface area (Å²) >= 11 is 0. The van der Waals surface area contributed by atoms with Gasteiger partial charge in [0.25, 0.3) is 0 Å². The lowest BCUT2D eigenvalue weighted by Gasteiger charge is -2.13. The molecule has 0 aliphatic carbocycles. The van der Waals surface area contributed by atoms with Crippen LogP contribution in [0.3, 0.4) is 0 Å². The van der Waals surface area contributed by atoms with Gasteiger partial charge in [0.1, 0.15) is 5.75 Å². The number of alkyl halides is 3. The molecule has 2 heterocycles. The van der Waals surface area contributed by atoms with Crippen molar-refractivity contribution in [3.8, 4) is 50.5 Å². The van der Waals surface area contributed by atoms with E-state index in [0.717, 1.165) is 22.3 Å². The lowest BCUT2D eigenvalue weighted by Crippen LogP contribution is -2.28. The van der Waals surface area contributed by atoms with Gasteiger partial charge in [-0.05, 0) is 64.7 Å². The van der Waals surface area contributed by atoms with Gasteiger partial charge in [-0.2, -0.15) is 35.1 Å². The van der Waals surface area contributed by atoms with Crippen LogP contribution in [0.25, 0.3) is 44.8 Å². The highest BCUT2D eigenvalue weighted by Crippen LogP contribution is 2.35. The van der Waals surface area contributed by atoms with E-state index in [4.69, 9.17) is 0 Å². The van der Waals surface area contributed by atoms with Crippen molar-refractivity contribution in [2.75, 3.05) is 0 Å². The smallest absolute Gasteiger partial charge is 0.376 e. The minimum absolute atomic E-state index is 0. The van der Waals surface area contributed by atoms with Crippen LogP contribution in [-0.2, 0) is 10.1 Å². The van der Waals surface area contributed by atoms with Gasteiger partial charge in [-0.1, -0.05) is 60.7 Å². The predicted molar refractivity (Wildman–Crippen MR) is 150 cm³/mol. The van der Waals surface area contributed by atoms with Crippen LogP contribution in [0, 0.1) is 0 Å². The summed E-state index contributed by atoms with van der Waals surface area (Å²) in [6.07, 6.45) is 3.15. The summed E-state index contributed by atoms with van der Waals surface area (Å²) in [7, 11) is -5.89. The van der Waals surface area contributed by atoms with Crippen molar-refractivity contribution < 1.29 is 25.8 Å². The van der Waals surface area contributed by atoms with E-state index in [1.807, 2.05) is 60.7 Å². The standard InChI is InChI=1S/C29H19F3N2O3S.H2S/c30-29(31,32)38(35,36)37-26-16-24(27-18-22(11-13-33-27)20-7-3-1-4-8-20)15-25(17-26)28-19-23(12-14-34-28)21-9-5-2-6-10-21;/h1-19H;1H2. The second kappa shape index (κ2) is 11.3. The highest BCUT2D eigenvalue weighted by molar-refractivity contribution is 7.88. The van der Waals surface area contributed by atoms with Gasteiger partial charge in [-0.25, -0.2) is 0 Å². The largest absolute Gasteiger partial charge is 0.534 e. The van der Waals surface area contributed by atoms with Crippen LogP contribution < -0.4 is 4.18 Å². The van der Waals surface area contributed by atoms with Gasteiger partial charge in [-0.3, -0.25) is 9.97 Å². The minimum atomic E-state index is -5.89. The number of nitrogens with zero attached hydrogens (tertiary/aromatic N) is 2. The number of benzene rings is 3. The zero-order chi connectivity index (χ0) is 26.8. The zero-order valence-electron chi connectivity index (χ0n) is 20.1. The molecular weight excluding hydrogens is 545 g/mol. The van der Waals surface area contributed by atoms with Gasteiger partial charge in [0.05, 0.1) is 11.4 Å². The van der Waals surface area contributed by atoms with Crippen LogP contribution in [0.15, 0.2) is 116 Å². The third-order valence-electron chi connectivity index (χ3n) is 5.72. The molecule has 198 valence electrons. The summed E-state index contributed by atoms with van der Waals surface area (Å²) in [4.78, 5) is 8.75. The third-order valence-corrected chi connectivity index (χ3v) is 6.70. The van der Waals surface area contributed by atoms with Crippen LogP contribution in [0.1, 0.15) is 0 Å². The van der Waals surface area contributed by atoms with E-state index in [-0.39, 0.29) is 13.5 Å². The molecule has 0 saturated carbocycles. The molecule has 5 aromatic rings. The van der Waals surface area contributed by atoms with Gasteiger partial charge < -0.3 is 4.18 Å². The summed E-state index contributed by atoms with van der Waals surface area (Å²) in [6, 6.07) is 30.2. The van der Waals surface area contributed by atoms with E-state index in [9.17, 15) is 21.6 Å². The summed E-state index contributed by atoms with van der Waals surface area (Å²) < 4.78 is 67.5. The quantitative estimate of drug-likeness (QED) is 0.157. The Morgan fingerprint density at radius 1 is 0.564 bits per heavy atom. The molecular formula is C29H21F3N2O3S2. The number of halogens is 3. The van der Waals surface area contributed by atoms with Crippen molar-refractivity contribution in [3.63, 3.8) is 0 Å². The fraction of sp³-hybridized carbons (Fsp3) is 0.0345. The monoisotopic (exact) mass is 566 g/mol. The second-order valence-corrected chi connectivity index (χ2v) is 9.86. The van der Waals surface area contributed by atoms with E-state index in [1.54, 1.807) is 42.7 Å². The summed E-state index contributed by atoms with van der Waals surface area (Å²) in [5, 5.41) is 0. The van der Waals surface area contributed by atoms with Crippen molar-refractivity contribution in [2.24, 2.45) is 0 Å². The highest BCUT2D eigenvalue weighted by atomic mass is 32.2. The molecule has 5 nitrogen and oxygen atoms in total. The summed E-state index contributed by atoms with van der Waals surface area (Å²) in [5.41, 5.74) is -0.532. The summed E-state index contributed by atoms with van der Waals surface area (Å²) in [5.74, 6) is -0.506. The Hall–Kier alpha value is -4.15. The van der Waals surface area contributed by atoms with Crippen LogP contribution in [-0.4, -0.2) is 23.9 Å². The SMILES string of the molecule is O=S(=O)(Oc1cc(-c2cc(-c3ccccc3)ccn2)cc(-c2cc(-c3ccccc3)ccn2)c1)C(F)(F)F.S. The Bertz CT molecular complexity index is 1600. The number of hydrogen-bond acceptors (Lipinski definition) is 5. The van der Waals surface area contributed by atoms with Crippen LogP contribution in [0.2, 0.25) is 0 Å². The van der Waals surface area contributed by atoms with Gasteiger partial charge in [0.2, 0.25) is 0 Å². The molecule has 5 rings (SSSR count). The third kappa shape index (κ3) is 6.30. The number of rotatable bonds is 6. The Kier molecular flexibility index (Phi) is 8.08. The van der Waals surface area contributed by atoms with Crippen LogP contribution in [0.4, 0.5) is 13.2 Å². The first-order valence-electron chi connectivity index (χ1n) is 11.4. The minimum Gasteiger partial charge on any atom is -0.376 e. The molecule has 0 aliphatic heterocycles. The van der Waals surface area contributed by atoms with Crippen molar-refractivity contribution in [2.45, 2.75) is 5.51 Å². The molecule has 0 radical (unpaired) electrons. The average molecular weight is 567 g/mol. The fourth-order valence-electron chi connectivity index (χ4n) is 3.91. The van der Waals surface area contributed by atoms with Gasteiger partial charge in [0, 0.05) is 23.5 Å². The Morgan fingerprint density at radius 3 is 1.41 bits per heavy atom. The van der Waals surface area contributed by atoms with E-state index < -0.39 is 21.4 Å². The topological polar surface area (TPSA) is 69.2 Å². The molecule has 10 heteroatoms. The number of aromatic nitrogens is 2. The molecule has 0 amide bonds. The molecule has 0 bridgehead atoms. The first kappa shape index (κ1) is 27.9. The van der Waals surface area contributed by atoms with Crippen molar-refractivity contribution in [1.29, 1.82) is 0 Å². The molecule has 0 saturated heterocycles. The molecule has 2 aromatic heterocycles. The maximum Gasteiger partial charge on any atom is 0.534 e. The fourth-order valence-corrected chi connectivity index (χ4v) is 4.36. The van der Waals surface area contributed by atoms with Crippen molar-refractivity contribution in [1.82, 2.24) is 9.97 Å². The van der Waals surface area contributed by atoms with Gasteiger partial charge in [0.15, 0.2) is 0 Å². The molecule has 0 unspecified atom stereocenters. The normalized spacial score (nSPS) is 11.5. The Morgan fingerprint density at radius 2 is 1.00 bits per heavy atom. The zero-order valence-corrected chi connectivity index (χ0v) is 21.9. The molecule has 0 N–H and O–H groups in total. The number of hydrogen-bond donors (Lipinski definition) is 0. The van der Waals surface area contributed by atoms with Gasteiger partial charge in [-0.15, -0.1) is 0 Å². The van der Waals surface area contributed by atoms with Gasteiger partial charge >= 0.3 is 15.6 Å². The molecule has 0 atom stereocenters. The molecule has 39 heavy (non-hydrogen) atoms. The van der Waals surface area contributed by atoms with Crippen molar-refractivity contribution >= 4 is 23.6 Å². The lowest BCUT2D eigenvalue weighted by molar-refractivity contribution is -0.0500. The van der Waals surface area contributed by atoms with E-state index in [1.165, 1.54) is 12.1 Å². The number of pyridine rings is 2. The average Bonchev–Trinajstić information content (AvgIpc) is 2.93. The first-order valence-corrected chi connectivity index (χ1v) is 12.8. The van der Waals surface area contributed by atoms with Crippen LogP contribution in [0.5, 0.6) is 5.75 Å². The van der Waals surface area contributed by atoms with E-state index in [2.05, 4.69) is 14.2 Å². The molecule has 0 aliphatic rings.